The molecule has 2 heterocycles. The first-order valence-corrected chi connectivity index (χ1v) is 13.0. The van der Waals surface area contributed by atoms with Crippen molar-refractivity contribution < 1.29 is 24.2 Å². The number of carbonyl (C=O) groups is 2. The molecule has 0 radical (unpaired) electrons. The van der Waals surface area contributed by atoms with E-state index in [4.69, 9.17) is 9.47 Å². The Morgan fingerprint density at radius 2 is 1.72 bits per heavy atom. The van der Waals surface area contributed by atoms with E-state index in [1.165, 1.54) is 24.9 Å². The Morgan fingerprint density at radius 1 is 1.08 bits per heavy atom. The number of methoxy groups -OCH3 is 1. The van der Waals surface area contributed by atoms with Crippen LogP contribution < -0.4 is 15.0 Å². The zero-order valence-electron chi connectivity index (χ0n) is 20.1. The fourth-order valence-corrected chi connectivity index (χ4v) is 6.13. The minimum Gasteiger partial charge on any atom is -0.480 e. The predicted molar refractivity (Wildman–Crippen MR) is 138 cm³/mol. The van der Waals surface area contributed by atoms with Crippen LogP contribution in [-0.2, 0) is 16.0 Å². The van der Waals surface area contributed by atoms with Gasteiger partial charge in [0, 0.05) is 25.4 Å². The third-order valence-corrected chi connectivity index (χ3v) is 7.91. The van der Waals surface area contributed by atoms with Gasteiger partial charge in [0.2, 0.25) is 5.88 Å². The Hall–Kier alpha value is -3.59. The Balaban J connectivity index is 1.25. The number of carboxylic acid groups (broad SMARTS) is 1. The highest BCUT2D eigenvalue weighted by molar-refractivity contribution is 7.15. The number of hydrogen-bond acceptors (Lipinski definition) is 7. The standard InChI is InChI=1S/C27H29N3O5S/c1-34-24-23(36-26(29-24)30-13-7-2-8-14-30)15-22(25(31)32)28-27(33)35-16-21-19-11-5-3-9-17(19)18-10-4-6-12-20(18)21/h3-6,9-12,21-22H,2,7-8,13-16H2,1H3,(H,28,33)(H,31,32). The molecule has 0 saturated carbocycles. The Morgan fingerprint density at radius 3 is 2.33 bits per heavy atom. The van der Waals surface area contributed by atoms with Crippen LogP contribution in [0.2, 0.25) is 0 Å². The number of nitrogens with zero attached hydrogens (tertiary/aromatic N) is 2. The first-order valence-electron chi connectivity index (χ1n) is 12.2. The Labute approximate surface area is 213 Å². The van der Waals surface area contributed by atoms with Gasteiger partial charge >= 0.3 is 12.1 Å². The molecule has 2 aromatic carbocycles. The quantitative estimate of drug-likeness (QED) is 0.457. The van der Waals surface area contributed by atoms with Gasteiger partial charge in [-0.05, 0) is 41.5 Å². The predicted octanol–water partition coefficient (Wildman–Crippen LogP) is 4.68. The van der Waals surface area contributed by atoms with E-state index in [2.05, 4.69) is 27.3 Å². The van der Waals surface area contributed by atoms with Gasteiger partial charge in [0.15, 0.2) is 5.13 Å². The van der Waals surface area contributed by atoms with Gasteiger partial charge in [0.05, 0.1) is 12.0 Å². The first-order chi connectivity index (χ1) is 17.5. The van der Waals surface area contributed by atoms with Crippen LogP contribution in [0, 0.1) is 0 Å². The van der Waals surface area contributed by atoms with Gasteiger partial charge in [0.25, 0.3) is 0 Å². The van der Waals surface area contributed by atoms with Gasteiger partial charge in [-0.15, -0.1) is 0 Å². The van der Waals surface area contributed by atoms with E-state index in [-0.39, 0.29) is 18.9 Å². The number of hydrogen-bond donors (Lipinski definition) is 2. The van der Waals surface area contributed by atoms with Crippen LogP contribution >= 0.6 is 11.3 Å². The minimum atomic E-state index is -1.16. The molecule has 1 aliphatic carbocycles. The molecule has 5 rings (SSSR count). The van der Waals surface area contributed by atoms with Crippen LogP contribution in [0.1, 0.15) is 41.2 Å². The molecular weight excluding hydrogens is 478 g/mol. The lowest BCUT2D eigenvalue weighted by Crippen LogP contribution is -2.42. The molecule has 188 valence electrons. The molecule has 0 spiro atoms. The number of fused-ring (bicyclic) bond motifs is 3. The SMILES string of the molecule is COc1nc(N2CCCCC2)sc1CC(NC(=O)OCC1c2ccccc2-c2ccccc21)C(=O)O. The van der Waals surface area contributed by atoms with E-state index in [1.54, 1.807) is 0 Å². The maximum atomic E-state index is 12.7. The molecule has 1 fully saturated rings. The highest BCUT2D eigenvalue weighted by Gasteiger charge is 2.30. The van der Waals surface area contributed by atoms with Gasteiger partial charge in [-0.2, -0.15) is 4.98 Å². The van der Waals surface area contributed by atoms with Crippen molar-refractivity contribution in [1.29, 1.82) is 0 Å². The fourth-order valence-electron chi connectivity index (χ4n) is 5.00. The second-order valence-corrected chi connectivity index (χ2v) is 10.1. The molecule has 1 atom stereocenters. The molecule has 1 aromatic heterocycles. The number of ether oxygens (including phenoxy) is 2. The fraction of sp³-hybridized carbons (Fsp3) is 0.370. The molecule has 2 N–H and O–H groups in total. The number of piperidine rings is 1. The smallest absolute Gasteiger partial charge is 0.407 e. The van der Waals surface area contributed by atoms with Crippen molar-refractivity contribution in [3.8, 4) is 17.0 Å². The van der Waals surface area contributed by atoms with Crippen molar-refractivity contribution in [3.63, 3.8) is 0 Å². The third-order valence-electron chi connectivity index (χ3n) is 6.79. The molecule has 0 bridgehead atoms. The van der Waals surface area contributed by atoms with Crippen molar-refractivity contribution >= 4 is 28.5 Å². The maximum Gasteiger partial charge on any atom is 0.407 e. The monoisotopic (exact) mass is 507 g/mol. The second kappa shape index (κ2) is 10.6. The number of rotatable bonds is 8. The van der Waals surface area contributed by atoms with Crippen molar-refractivity contribution in [3.05, 3.63) is 64.5 Å². The molecule has 8 nitrogen and oxygen atoms in total. The minimum absolute atomic E-state index is 0.0637. The summed E-state index contributed by atoms with van der Waals surface area (Å²) in [6, 6.07) is 15.0. The summed E-state index contributed by atoms with van der Waals surface area (Å²) in [6.45, 7) is 1.97. The van der Waals surface area contributed by atoms with E-state index < -0.39 is 18.1 Å². The largest absolute Gasteiger partial charge is 0.480 e. The first kappa shape index (κ1) is 24.1. The molecule has 1 amide bonds. The molecular formula is C27H29N3O5S. The number of aliphatic carboxylic acids is 1. The molecule has 1 saturated heterocycles. The van der Waals surface area contributed by atoms with Crippen LogP contribution in [-0.4, -0.2) is 55.0 Å². The zero-order valence-corrected chi connectivity index (χ0v) is 20.9. The average Bonchev–Trinajstić information content (AvgIpc) is 3.46. The normalized spacial score (nSPS) is 15.6. The Kier molecular flexibility index (Phi) is 7.09. The maximum absolute atomic E-state index is 12.7. The number of alkyl carbamates (subject to hydrolysis) is 1. The molecule has 2 aliphatic rings. The number of aromatic nitrogens is 1. The lowest BCUT2D eigenvalue weighted by molar-refractivity contribution is -0.139. The number of carboxylic acids is 1. The summed E-state index contributed by atoms with van der Waals surface area (Å²) in [5, 5.41) is 13.2. The van der Waals surface area contributed by atoms with Crippen LogP contribution in [0.15, 0.2) is 48.5 Å². The Bertz CT molecular complexity index is 1210. The van der Waals surface area contributed by atoms with Gasteiger partial charge in [-0.25, -0.2) is 9.59 Å². The van der Waals surface area contributed by atoms with E-state index in [1.807, 2.05) is 36.4 Å². The highest BCUT2D eigenvalue weighted by atomic mass is 32.1. The molecule has 36 heavy (non-hydrogen) atoms. The number of nitrogens with one attached hydrogen (secondary N) is 1. The van der Waals surface area contributed by atoms with Crippen LogP contribution in [0.4, 0.5) is 9.93 Å². The summed E-state index contributed by atoms with van der Waals surface area (Å²) in [7, 11) is 1.52. The highest BCUT2D eigenvalue weighted by Crippen LogP contribution is 2.44. The molecule has 1 unspecified atom stereocenters. The van der Waals surface area contributed by atoms with Gasteiger partial charge < -0.3 is 24.8 Å². The van der Waals surface area contributed by atoms with Crippen LogP contribution in [0.25, 0.3) is 11.1 Å². The second-order valence-electron chi connectivity index (χ2n) is 9.04. The zero-order chi connectivity index (χ0) is 25.1. The number of carbonyl (C=O) groups excluding carboxylic acids is 1. The van der Waals surface area contributed by atoms with Gasteiger partial charge in [0.1, 0.15) is 12.6 Å². The molecule has 3 aromatic rings. The van der Waals surface area contributed by atoms with Crippen molar-refractivity contribution in [1.82, 2.24) is 10.3 Å². The summed E-state index contributed by atoms with van der Waals surface area (Å²) in [5.41, 5.74) is 4.46. The van der Waals surface area contributed by atoms with E-state index >= 15 is 0 Å². The summed E-state index contributed by atoms with van der Waals surface area (Å²) >= 11 is 1.42. The lowest BCUT2D eigenvalue weighted by atomic mass is 9.98. The molecule has 1 aliphatic heterocycles. The summed E-state index contributed by atoms with van der Waals surface area (Å²) in [4.78, 5) is 32.1. The van der Waals surface area contributed by atoms with E-state index in [0.29, 0.717) is 10.8 Å². The van der Waals surface area contributed by atoms with Crippen molar-refractivity contribution in [2.45, 2.75) is 37.6 Å². The van der Waals surface area contributed by atoms with Crippen molar-refractivity contribution in [2.75, 3.05) is 31.7 Å². The third kappa shape index (κ3) is 4.88. The summed E-state index contributed by atoms with van der Waals surface area (Å²) < 4.78 is 11.0. The summed E-state index contributed by atoms with van der Waals surface area (Å²) in [6.07, 6.45) is 2.73. The number of amides is 1. The van der Waals surface area contributed by atoms with Gasteiger partial charge in [-0.1, -0.05) is 59.9 Å². The lowest BCUT2D eigenvalue weighted by Gasteiger charge is -2.25. The number of benzene rings is 2. The number of anilines is 1. The van der Waals surface area contributed by atoms with E-state index in [0.717, 1.165) is 53.3 Å². The van der Waals surface area contributed by atoms with Crippen molar-refractivity contribution in [2.24, 2.45) is 0 Å². The van der Waals surface area contributed by atoms with Gasteiger partial charge in [-0.3, -0.25) is 0 Å². The van der Waals surface area contributed by atoms with E-state index in [9.17, 15) is 14.7 Å². The van der Waals surface area contributed by atoms with Crippen LogP contribution in [0.3, 0.4) is 0 Å². The average molecular weight is 508 g/mol. The molecule has 9 heteroatoms. The number of thiazole rings is 1. The topological polar surface area (TPSA) is 101 Å². The van der Waals surface area contributed by atoms with Crippen LogP contribution in [0.5, 0.6) is 5.88 Å². The summed E-state index contributed by atoms with van der Waals surface area (Å²) in [5.74, 6) is -0.834.